The monoisotopic (exact) mass is 539 g/mol. The van der Waals surface area contributed by atoms with Crippen molar-refractivity contribution >= 4 is 40.1 Å². The summed E-state index contributed by atoms with van der Waals surface area (Å²) in [4.78, 5) is 34.4. The van der Waals surface area contributed by atoms with Crippen molar-refractivity contribution in [2.24, 2.45) is 5.41 Å². The molecule has 3 fully saturated rings. The number of thiophene rings is 1. The van der Waals surface area contributed by atoms with E-state index in [9.17, 15) is 18.4 Å². The maximum Gasteiger partial charge on any atom is 0.272 e. The standard InChI is InChI=1S/C28H31F2N5O2S/c1-2-24(36)34-12-9-28(17-34)14-19(15-28)35-21-6-5-18(16-33-10-3-4-11-33)13-20(21)31-27(35)32-26(37)23-8-7-22(38-23)25(29)30/h2,5-8,13,19,25H,1,3-4,9-12,14-17H2,(H,31,32,37)/t19-,28-. The molecule has 3 aromatic rings. The van der Waals surface area contributed by atoms with Gasteiger partial charge in [-0.1, -0.05) is 12.6 Å². The van der Waals surface area contributed by atoms with Crippen LogP contribution in [0.15, 0.2) is 43.0 Å². The van der Waals surface area contributed by atoms with E-state index in [1.807, 2.05) is 4.90 Å². The van der Waals surface area contributed by atoms with E-state index in [-0.39, 0.29) is 27.1 Å². The number of amides is 2. The van der Waals surface area contributed by atoms with Gasteiger partial charge in [0.25, 0.3) is 12.3 Å². The van der Waals surface area contributed by atoms with Crippen molar-refractivity contribution in [3.05, 3.63) is 58.3 Å². The van der Waals surface area contributed by atoms with Crippen LogP contribution in [-0.2, 0) is 11.3 Å². The Kier molecular flexibility index (Phi) is 6.55. The molecule has 2 aromatic heterocycles. The largest absolute Gasteiger partial charge is 0.339 e. The van der Waals surface area contributed by atoms with Crippen molar-refractivity contribution in [1.82, 2.24) is 19.4 Å². The molecule has 200 valence electrons. The lowest BCUT2D eigenvalue weighted by Crippen LogP contribution is -2.42. The molecule has 1 N–H and O–H groups in total. The maximum absolute atomic E-state index is 13.1. The van der Waals surface area contributed by atoms with Gasteiger partial charge in [-0.15, -0.1) is 11.3 Å². The predicted octanol–water partition coefficient (Wildman–Crippen LogP) is 5.62. The first-order valence-electron chi connectivity index (χ1n) is 13.2. The average Bonchev–Trinajstić information content (AvgIpc) is 3.68. The Morgan fingerprint density at radius 3 is 2.68 bits per heavy atom. The Bertz CT molecular complexity index is 1390. The zero-order valence-electron chi connectivity index (χ0n) is 21.2. The molecule has 3 aliphatic rings. The highest BCUT2D eigenvalue weighted by Crippen LogP contribution is 2.55. The number of hydrogen-bond donors (Lipinski definition) is 1. The number of anilines is 1. The first-order chi connectivity index (χ1) is 18.3. The molecule has 1 spiro atoms. The number of carbonyl (C=O) groups is 2. The molecule has 0 bridgehead atoms. The van der Waals surface area contributed by atoms with Crippen LogP contribution in [0.25, 0.3) is 11.0 Å². The van der Waals surface area contributed by atoms with E-state index in [4.69, 9.17) is 4.98 Å². The molecule has 10 heteroatoms. The second-order valence-corrected chi connectivity index (χ2v) is 12.0. The highest BCUT2D eigenvalue weighted by atomic mass is 32.1. The van der Waals surface area contributed by atoms with Crippen molar-refractivity contribution in [3.8, 4) is 0 Å². The summed E-state index contributed by atoms with van der Waals surface area (Å²) in [6, 6.07) is 9.16. The summed E-state index contributed by atoms with van der Waals surface area (Å²) >= 11 is 0.800. The Labute approximate surface area is 224 Å². The van der Waals surface area contributed by atoms with Gasteiger partial charge in [0.1, 0.15) is 0 Å². The Balaban J connectivity index is 1.28. The number of nitrogens with one attached hydrogen (secondary N) is 1. The second-order valence-electron chi connectivity index (χ2n) is 10.8. The lowest BCUT2D eigenvalue weighted by Gasteiger charge is -2.46. The maximum atomic E-state index is 13.1. The molecule has 6 rings (SSSR count). The molecule has 38 heavy (non-hydrogen) atoms. The van der Waals surface area contributed by atoms with Crippen molar-refractivity contribution in [3.63, 3.8) is 0 Å². The van der Waals surface area contributed by atoms with Gasteiger partial charge < -0.3 is 9.47 Å². The van der Waals surface area contributed by atoms with E-state index in [0.29, 0.717) is 12.5 Å². The molecule has 2 amide bonds. The summed E-state index contributed by atoms with van der Waals surface area (Å²) in [7, 11) is 0. The summed E-state index contributed by atoms with van der Waals surface area (Å²) in [5, 5.41) is 2.92. The van der Waals surface area contributed by atoms with Gasteiger partial charge in [-0.3, -0.25) is 19.8 Å². The molecule has 0 radical (unpaired) electrons. The van der Waals surface area contributed by atoms with Gasteiger partial charge in [-0.05, 0) is 86.5 Å². The van der Waals surface area contributed by atoms with Crippen molar-refractivity contribution in [2.75, 3.05) is 31.5 Å². The first-order valence-corrected chi connectivity index (χ1v) is 14.0. The lowest BCUT2D eigenvalue weighted by atomic mass is 9.64. The van der Waals surface area contributed by atoms with Gasteiger partial charge in [0.15, 0.2) is 0 Å². The van der Waals surface area contributed by atoms with Crippen molar-refractivity contribution < 1.29 is 18.4 Å². The molecular weight excluding hydrogens is 508 g/mol. The zero-order valence-corrected chi connectivity index (χ0v) is 22.0. The Hall–Kier alpha value is -3.11. The van der Waals surface area contributed by atoms with Crippen LogP contribution < -0.4 is 5.32 Å². The molecule has 7 nitrogen and oxygen atoms in total. The number of halogens is 2. The molecule has 2 aliphatic heterocycles. The quantitative estimate of drug-likeness (QED) is 0.396. The van der Waals surface area contributed by atoms with Crippen molar-refractivity contribution in [1.29, 1.82) is 0 Å². The number of fused-ring (bicyclic) bond motifs is 1. The SMILES string of the molecule is C=CC(=O)N1CC[C@]2(C1)C[C@H](n1c(NC(=O)c3ccc(C(F)F)s3)nc3cc(CN4CCCC4)ccc31)C2. The molecule has 2 saturated heterocycles. The number of hydrogen-bond acceptors (Lipinski definition) is 5. The molecule has 1 aliphatic carbocycles. The van der Waals surface area contributed by atoms with Crippen LogP contribution >= 0.6 is 11.3 Å². The number of imidazole rings is 1. The number of likely N-dealkylation sites (tertiary alicyclic amines) is 2. The summed E-state index contributed by atoms with van der Waals surface area (Å²) in [5.74, 6) is -0.0309. The van der Waals surface area contributed by atoms with Crippen LogP contribution in [0.2, 0.25) is 0 Å². The zero-order chi connectivity index (χ0) is 26.4. The number of alkyl halides is 2. The predicted molar refractivity (Wildman–Crippen MR) is 144 cm³/mol. The minimum atomic E-state index is -2.61. The summed E-state index contributed by atoms with van der Waals surface area (Å²) in [6.07, 6.45) is 3.92. The highest BCUT2D eigenvalue weighted by Gasteiger charge is 2.50. The number of aromatic nitrogens is 2. The van der Waals surface area contributed by atoms with Gasteiger partial charge in [0, 0.05) is 25.7 Å². The van der Waals surface area contributed by atoms with E-state index in [1.54, 1.807) is 0 Å². The fourth-order valence-corrected chi connectivity index (χ4v) is 7.12. The minimum absolute atomic E-state index is 0.0315. The highest BCUT2D eigenvalue weighted by molar-refractivity contribution is 7.14. The smallest absolute Gasteiger partial charge is 0.272 e. The van der Waals surface area contributed by atoms with Crippen LogP contribution in [0.4, 0.5) is 14.7 Å². The van der Waals surface area contributed by atoms with Crippen LogP contribution in [0.5, 0.6) is 0 Å². The van der Waals surface area contributed by atoms with E-state index in [1.165, 1.54) is 36.6 Å². The summed E-state index contributed by atoms with van der Waals surface area (Å²) in [6.45, 7) is 8.14. The summed E-state index contributed by atoms with van der Waals surface area (Å²) in [5.41, 5.74) is 3.01. The van der Waals surface area contributed by atoms with Gasteiger partial charge in [0.05, 0.1) is 20.8 Å². The van der Waals surface area contributed by atoms with E-state index in [2.05, 4.69) is 39.6 Å². The van der Waals surface area contributed by atoms with Gasteiger partial charge >= 0.3 is 0 Å². The number of rotatable bonds is 7. The van der Waals surface area contributed by atoms with Crippen LogP contribution in [0.1, 0.15) is 64.7 Å². The molecular formula is C28H31F2N5O2S. The Morgan fingerprint density at radius 2 is 1.97 bits per heavy atom. The molecule has 1 aromatic carbocycles. The third-order valence-electron chi connectivity index (χ3n) is 8.28. The number of carbonyl (C=O) groups excluding carboxylic acids is 2. The molecule has 1 saturated carbocycles. The first kappa shape index (κ1) is 25.2. The minimum Gasteiger partial charge on any atom is -0.339 e. The van der Waals surface area contributed by atoms with E-state index >= 15 is 0 Å². The molecule has 0 unspecified atom stereocenters. The van der Waals surface area contributed by atoms with E-state index in [0.717, 1.165) is 67.8 Å². The third kappa shape index (κ3) is 4.64. The molecule has 0 atom stereocenters. The molecule has 4 heterocycles. The topological polar surface area (TPSA) is 70.5 Å². The summed E-state index contributed by atoms with van der Waals surface area (Å²) < 4.78 is 28.3. The van der Waals surface area contributed by atoms with Crippen LogP contribution in [0, 0.1) is 5.41 Å². The fourth-order valence-electron chi connectivity index (χ4n) is 6.36. The van der Waals surface area contributed by atoms with Crippen LogP contribution in [0.3, 0.4) is 0 Å². The van der Waals surface area contributed by atoms with Gasteiger partial charge in [-0.2, -0.15) is 0 Å². The van der Waals surface area contributed by atoms with Gasteiger partial charge in [0.2, 0.25) is 11.9 Å². The lowest BCUT2D eigenvalue weighted by molar-refractivity contribution is -0.125. The van der Waals surface area contributed by atoms with Crippen LogP contribution in [-0.4, -0.2) is 57.3 Å². The second kappa shape index (κ2) is 9.89. The number of nitrogens with zero attached hydrogens (tertiary/aromatic N) is 4. The normalized spacial score (nSPS) is 23.4. The van der Waals surface area contributed by atoms with Crippen molar-refractivity contribution in [2.45, 2.75) is 51.1 Å². The fraction of sp³-hybridized carbons (Fsp3) is 0.464. The van der Waals surface area contributed by atoms with Gasteiger partial charge in [-0.25, -0.2) is 13.8 Å². The average molecular weight is 540 g/mol. The third-order valence-corrected chi connectivity index (χ3v) is 9.37. The number of benzene rings is 1. The van der Waals surface area contributed by atoms with E-state index < -0.39 is 12.3 Å². The Morgan fingerprint density at radius 1 is 1.18 bits per heavy atom.